The summed E-state index contributed by atoms with van der Waals surface area (Å²) in [6, 6.07) is 6.85. The topological polar surface area (TPSA) is 120 Å². The average molecular weight is 728 g/mol. The molecule has 0 aromatic heterocycles. The van der Waals surface area contributed by atoms with Gasteiger partial charge in [-0.15, -0.1) is 0 Å². The lowest BCUT2D eigenvalue weighted by Crippen LogP contribution is -2.58. The van der Waals surface area contributed by atoms with Gasteiger partial charge in [0, 0.05) is 37.9 Å². The van der Waals surface area contributed by atoms with E-state index in [9.17, 15) is 36.7 Å². The van der Waals surface area contributed by atoms with Gasteiger partial charge in [0.2, 0.25) is 11.8 Å². The third-order valence-electron chi connectivity index (χ3n) is 7.24. The minimum Gasteiger partial charge on any atom is -0.471 e. The Morgan fingerprint density at radius 3 is 2.00 bits per heavy atom. The van der Waals surface area contributed by atoms with Crippen LogP contribution in [0, 0.1) is 6.92 Å². The molecule has 1 aromatic rings. The fourth-order valence-electron chi connectivity index (χ4n) is 4.80. The van der Waals surface area contributed by atoms with Crippen LogP contribution in [0.1, 0.15) is 59.4 Å². The van der Waals surface area contributed by atoms with E-state index in [1.165, 1.54) is 28.2 Å². The van der Waals surface area contributed by atoms with E-state index < -0.39 is 47.5 Å². The maximum atomic E-state index is 13.7. The second-order valence-corrected chi connectivity index (χ2v) is 11.6. The number of carbonyl (C=O) groups excluding carboxylic acids is 5. The van der Waals surface area contributed by atoms with Crippen molar-refractivity contribution < 1.29 is 46.3 Å². The van der Waals surface area contributed by atoms with Crippen LogP contribution in [0.15, 0.2) is 60.0 Å². The molecule has 0 atom stereocenters. The fourth-order valence-corrected chi connectivity index (χ4v) is 4.80. The van der Waals surface area contributed by atoms with Crippen molar-refractivity contribution in [2.75, 3.05) is 58.8 Å². The van der Waals surface area contributed by atoms with Crippen molar-refractivity contribution in [1.82, 2.24) is 20.0 Å². The molecule has 2 heterocycles. The number of hydrogen-bond acceptors (Lipinski definition) is 7. The number of urea groups is 1. The highest BCUT2D eigenvalue weighted by Gasteiger charge is 2.58. The summed E-state index contributed by atoms with van der Waals surface area (Å²) in [6.45, 7) is 12.0. The van der Waals surface area contributed by atoms with E-state index in [0.717, 1.165) is 12.5 Å². The van der Waals surface area contributed by atoms with Crippen molar-refractivity contribution in [2.45, 2.75) is 72.5 Å². The summed E-state index contributed by atoms with van der Waals surface area (Å²) in [5.74, 6) is -2.59. The van der Waals surface area contributed by atoms with E-state index in [0.29, 0.717) is 43.0 Å². The molecule has 0 saturated carbocycles. The number of amides is 5. The lowest BCUT2D eigenvalue weighted by molar-refractivity contribution is -0.138. The number of benzene rings is 1. The molecule has 1 N–H and O–H groups in total. The van der Waals surface area contributed by atoms with Gasteiger partial charge in [-0.25, -0.2) is 9.18 Å². The largest absolute Gasteiger partial charge is 0.471 e. The van der Waals surface area contributed by atoms with Crippen molar-refractivity contribution in [2.24, 2.45) is 0 Å². The third-order valence-corrected chi connectivity index (χ3v) is 7.24. The summed E-state index contributed by atoms with van der Waals surface area (Å²) < 4.78 is 56.0. The van der Waals surface area contributed by atoms with Crippen LogP contribution in [0.2, 0.25) is 0 Å². The molecule has 2 aliphatic heterocycles. The summed E-state index contributed by atoms with van der Waals surface area (Å²) in [5.41, 5.74) is -0.843. The fraction of sp³-hybridized carbons (Fsp3) is 0.528. The number of likely N-dealkylation sites (tertiary alicyclic amines) is 1. The van der Waals surface area contributed by atoms with E-state index in [1.807, 2.05) is 51.9 Å². The number of nitrogens with one attached hydrogen (secondary N) is 1. The first kappa shape index (κ1) is 46.5. The number of likely N-dealkylation sites (N-methyl/N-ethyl adjacent to an activating group) is 1. The molecule has 2 saturated heterocycles. The van der Waals surface area contributed by atoms with Gasteiger partial charge in [0.1, 0.15) is 5.54 Å². The number of methoxy groups -OCH3 is 1. The lowest BCUT2D eigenvalue weighted by Gasteiger charge is -2.42. The highest BCUT2D eigenvalue weighted by molar-refractivity contribution is 6.17. The quantitative estimate of drug-likeness (QED) is 0.104. The summed E-state index contributed by atoms with van der Waals surface area (Å²) in [5, 5.41) is 2.26. The molecule has 2 aliphatic rings. The number of anilines is 1. The van der Waals surface area contributed by atoms with Crippen LogP contribution >= 0.6 is 0 Å². The number of ether oxygens (including phenoxy) is 1. The molecule has 0 bridgehead atoms. The molecule has 11 nitrogen and oxygen atoms in total. The van der Waals surface area contributed by atoms with Gasteiger partial charge in [-0.05, 0) is 71.1 Å². The monoisotopic (exact) mass is 727 g/mol. The van der Waals surface area contributed by atoms with Crippen LogP contribution in [0.3, 0.4) is 0 Å². The Hall–Kier alpha value is -4.53. The minimum absolute atomic E-state index is 0.128. The van der Waals surface area contributed by atoms with Crippen LogP contribution in [0.25, 0.3) is 0 Å². The Morgan fingerprint density at radius 2 is 1.55 bits per heavy atom. The molecule has 0 radical (unpaired) electrons. The minimum atomic E-state index is -4.81. The van der Waals surface area contributed by atoms with E-state index in [4.69, 9.17) is 4.79 Å². The van der Waals surface area contributed by atoms with Crippen LogP contribution in [-0.2, 0) is 23.9 Å². The molecule has 1 aromatic carbocycles. The van der Waals surface area contributed by atoms with Gasteiger partial charge in [-0.2, -0.15) is 13.2 Å². The number of allylic oxidation sites excluding steroid dienone is 5. The molecule has 5 amide bonds. The molecule has 0 unspecified atom stereocenters. The molecular weight excluding hydrogens is 674 g/mol. The molecule has 0 aliphatic carbocycles. The Bertz CT molecular complexity index is 1360. The Balaban J connectivity index is 0.00000251. The second-order valence-electron chi connectivity index (χ2n) is 11.6. The summed E-state index contributed by atoms with van der Waals surface area (Å²) in [6.07, 6.45) is -0.976. The molecule has 51 heavy (non-hydrogen) atoms. The van der Waals surface area contributed by atoms with Crippen molar-refractivity contribution in [3.05, 3.63) is 65.5 Å². The van der Waals surface area contributed by atoms with Crippen LogP contribution < -0.4 is 10.2 Å². The van der Waals surface area contributed by atoms with Crippen LogP contribution in [0.5, 0.6) is 0 Å². The maximum absolute atomic E-state index is 13.7. The molecule has 286 valence electrons. The smallest absolute Gasteiger partial charge is 0.416 e. The zero-order valence-corrected chi connectivity index (χ0v) is 31.1. The summed E-state index contributed by atoms with van der Waals surface area (Å²) in [7, 11) is 5.00. The van der Waals surface area contributed by atoms with E-state index in [-0.39, 0.29) is 38.4 Å². The number of halogens is 4. The summed E-state index contributed by atoms with van der Waals surface area (Å²) in [4.78, 5) is 67.2. The third kappa shape index (κ3) is 14.7. The number of piperidine rings is 1. The van der Waals surface area contributed by atoms with Gasteiger partial charge in [0.15, 0.2) is 0 Å². The number of imide groups is 1. The van der Waals surface area contributed by atoms with E-state index in [1.54, 1.807) is 12.1 Å². The zero-order valence-electron chi connectivity index (χ0n) is 31.1. The first-order chi connectivity index (χ1) is 24.0. The zero-order chi connectivity index (χ0) is 39.4. The van der Waals surface area contributed by atoms with E-state index in [2.05, 4.69) is 23.9 Å². The van der Waals surface area contributed by atoms with Gasteiger partial charge in [-0.1, -0.05) is 51.8 Å². The van der Waals surface area contributed by atoms with Crippen molar-refractivity contribution in [1.29, 1.82) is 0 Å². The van der Waals surface area contributed by atoms with Crippen LogP contribution in [0.4, 0.5) is 28.0 Å². The van der Waals surface area contributed by atoms with Gasteiger partial charge >= 0.3 is 12.2 Å². The number of rotatable bonds is 10. The molecule has 15 heteroatoms. The Labute approximate surface area is 298 Å². The number of alkyl halides is 3. The van der Waals surface area contributed by atoms with Gasteiger partial charge in [0.25, 0.3) is 12.4 Å². The highest BCUT2D eigenvalue weighted by atomic mass is 19.4. The number of hydrogen-bond donors (Lipinski definition) is 1. The molecule has 3 rings (SSSR count). The summed E-state index contributed by atoms with van der Waals surface area (Å²) >= 11 is 0. The maximum Gasteiger partial charge on any atom is 0.416 e. The van der Waals surface area contributed by atoms with E-state index >= 15 is 0 Å². The SMILES string of the molecule is CC.CCC.COC=O.C\C(F)=C/C=C(\C=C\C(=O)NCC(=O)N1CCC2(CC1)C(=O)N(CCN(C)C)C(=O)N2c1ccc(C)cc1)C(F)(F)F. The Morgan fingerprint density at radius 1 is 1.02 bits per heavy atom. The molecule has 2 fully saturated rings. The van der Waals surface area contributed by atoms with Gasteiger partial charge < -0.3 is 19.9 Å². The predicted octanol–water partition coefficient (Wildman–Crippen LogP) is 5.95. The predicted molar refractivity (Wildman–Crippen MR) is 189 cm³/mol. The van der Waals surface area contributed by atoms with Crippen LogP contribution in [-0.4, -0.2) is 111 Å². The second kappa shape index (κ2) is 23.0. The molecular formula is C36H53F4N5O6. The number of aryl methyl sites for hydroxylation is 1. The lowest BCUT2D eigenvalue weighted by atomic mass is 9.85. The van der Waals surface area contributed by atoms with Gasteiger partial charge in [-0.3, -0.25) is 29.0 Å². The standard InChI is InChI=1S/C29H35F4N5O4.C3H8.C2H4O2.C2H6/c1-20-5-10-23(11-6-20)38-27(42)37(18-17-35(3)4)26(41)28(38)13-15-36(16-14-28)25(40)19-34-24(39)12-9-22(29(31,32)33)8-7-21(2)30;1-3-2;1-4-2-3;1-2/h5-12H,13-19H2,1-4H3,(H,34,39);3H2,1-2H3;2H,1H3;1-2H3/b12-9+,21-7+,22-8+;;;. The molecule has 1 spiro atoms. The number of nitrogens with zero attached hydrogens (tertiary/aromatic N) is 4. The first-order valence-corrected chi connectivity index (χ1v) is 16.7. The number of carbonyl (C=O) groups is 5. The van der Waals surface area contributed by atoms with Crippen molar-refractivity contribution >= 4 is 35.9 Å². The Kier molecular flexibility index (Phi) is 21.0. The highest BCUT2D eigenvalue weighted by Crippen LogP contribution is 2.40. The van der Waals surface area contributed by atoms with Gasteiger partial charge in [0.05, 0.1) is 25.1 Å². The van der Waals surface area contributed by atoms with Crippen molar-refractivity contribution in [3.8, 4) is 0 Å². The average Bonchev–Trinajstić information content (AvgIpc) is 3.28. The van der Waals surface area contributed by atoms with Crippen molar-refractivity contribution in [3.63, 3.8) is 0 Å². The first-order valence-electron chi connectivity index (χ1n) is 16.7. The normalized spacial score (nSPS) is 15.8.